The van der Waals surface area contributed by atoms with Crippen molar-refractivity contribution < 1.29 is 19.0 Å². The summed E-state index contributed by atoms with van der Waals surface area (Å²) >= 11 is 0. The highest BCUT2D eigenvalue weighted by Gasteiger charge is 2.12. The van der Waals surface area contributed by atoms with E-state index in [0.29, 0.717) is 13.2 Å². The zero-order chi connectivity index (χ0) is 15.0. The van der Waals surface area contributed by atoms with Crippen molar-refractivity contribution in [2.75, 3.05) is 30.8 Å². The average Bonchev–Trinajstić information content (AvgIpc) is 2.39. The number of anilines is 2. The molecule has 1 rings (SSSR count). The topological polar surface area (TPSA) is 84.6 Å². The number of aromatic carboxylic acids is 1. The summed E-state index contributed by atoms with van der Waals surface area (Å²) < 4.78 is 19.0. The molecule has 1 aromatic carbocycles. The molecule has 0 amide bonds. The minimum Gasteiger partial charge on any atom is -0.478 e. The van der Waals surface area contributed by atoms with Gasteiger partial charge >= 0.3 is 5.97 Å². The quantitative estimate of drug-likeness (QED) is 0.479. The van der Waals surface area contributed by atoms with Gasteiger partial charge in [0.15, 0.2) is 0 Å². The Balaban J connectivity index is 2.44. The Hall–Kier alpha value is -1.82. The molecule has 0 radical (unpaired) electrons. The number of hydrogen-bond donors (Lipinski definition) is 3. The third-order valence-corrected chi connectivity index (χ3v) is 2.79. The van der Waals surface area contributed by atoms with Gasteiger partial charge in [-0.3, -0.25) is 0 Å². The van der Waals surface area contributed by atoms with Crippen LogP contribution in [0.3, 0.4) is 0 Å². The minimum absolute atomic E-state index is 0.0801. The Bertz CT molecular complexity index is 452. The van der Waals surface area contributed by atoms with Gasteiger partial charge in [-0.15, -0.1) is 0 Å². The van der Waals surface area contributed by atoms with Gasteiger partial charge in [0.1, 0.15) is 5.82 Å². The molecule has 20 heavy (non-hydrogen) atoms. The van der Waals surface area contributed by atoms with E-state index in [1.54, 1.807) is 0 Å². The van der Waals surface area contributed by atoms with Crippen LogP contribution in [-0.2, 0) is 4.74 Å². The lowest BCUT2D eigenvalue weighted by molar-refractivity contribution is 0.0698. The van der Waals surface area contributed by atoms with E-state index in [1.807, 2.05) is 0 Å². The summed E-state index contributed by atoms with van der Waals surface area (Å²) in [5.74, 6) is -1.73. The normalized spacial score (nSPS) is 10.5. The van der Waals surface area contributed by atoms with E-state index in [1.165, 1.54) is 6.07 Å². The number of nitrogens with two attached hydrogens (primary N) is 1. The van der Waals surface area contributed by atoms with Gasteiger partial charge in [0.25, 0.3) is 0 Å². The summed E-state index contributed by atoms with van der Waals surface area (Å²) in [7, 11) is 0. The maximum absolute atomic E-state index is 13.6. The second-order valence-corrected chi connectivity index (χ2v) is 4.47. The van der Waals surface area contributed by atoms with E-state index in [0.717, 1.165) is 31.9 Å². The number of carbonyl (C=O) groups is 1. The van der Waals surface area contributed by atoms with Gasteiger partial charge in [0.05, 0.1) is 11.3 Å². The van der Waals surface area contributed by atoms with Crippen LogP contribution in [0.1, 0.15) is 36.5 Å². The van der Waals surface area contributed by atoms with Crippen LogP contribution < -0.4 is 11.1 Å². The predicted molar refractivity (Wildman–Crippen MR) is 76.6 cm³/mol. The van der Waals surface area contributed by atoms with Crippen LogP contribution in [0.4, 0.5) is 15.8 Å². The molecule has 6 heteroatoms. The SMILES string of the molecule is CCCCOCCCNc1cc(C(=O)O)c(N)cc1F. The molecule has 0 aliphatic rings. The molecule has 0 aromatic heterocycles. The molecule has 0 unspecified atom stereocenters. The van der Waals surface area contributed by atoms with Crippen LogP contribution in [0.15, 0.2) is 12.1 Å². The fourth-order valence-electron chi connectivity index (χ4n) is 1.66. The number of rotatable bonds is 9. The summed E-state index contributed by atoms with van der Waals surface area (Å²) in [6.07, 6.45) is 2.84. The van der Waals surface area contributed by atoms with Gasteiger partial charge in [-0.05, 0) is 25.0 Å². The molecule has 1 aromatic rings. The highest BCUT2D eigenvalue weighted by molar-refractivity contribution is 5.94. The van der Waals surface area contributed by atoms with Gasteiger partial charge in [-0.1, -0.05) is 13.3 Å². The summed E-state index contributed by atoms with van der Waals surface area (Å²) in [5.41, 5.74) is 5.41. The van der Waals surface area contributed by atoms with Crippen molar-refractivity contribution in [3.8, 4) is 0 Å². The molecule has 4 N–H and O–H groups in total. The molecule has 0 heterocycles. The molecule has 0 bridgehead atoms. The first-order valence-corrected chi connectivity index (χ1v) is 6.70. The molecular weight excluding hydrogens is 263 g/mol. The van der Waals surface area contributed by atoms with Crippen LogP contribution in [0.2, 0.25) is 0 Å². The fraction of sp³-hybridized carbons (Fsp3) is 0.500. The summed E-state index contributed by atoms with van der Waals surface area (Å²) in [5, 5.41) is 11.8. The van der Waals surface area contributed by atoms with E-state index in [2.05, 4.69) is 12.2 Å². The number of hydrogen-bond acceptors (Lipinski definition) is 4. The zero-order valence-electron chi connectivity index (χ0n) is 11.6. The van der Waals surface area contributed by atoms with E-state index in [9.17, 15) is 9.18 Å². The van der Waals surface area contributed by atoms with Gasteiger partial charge in [-0.25, -0.2) is 9.18 Å². The Morgan fingerprint density at radius 1 is 1.40 bits per heavy atom. The molecule has 0 spiro atoms. The number of carboxylic acid groups (broad SMARTS) is 1. The minimum atomic E-state index is -1.17. The summed E-state index contributed by atoms with van der Waals surface area (Å²) in [6, 6.07) is 2.23. The van der Waals surface area contributed by atoms with Crippen LogP contribution in [0.5, 0.6) is 0 Å². The molecular formula is C14H21FN2O3. The third kappa shape index (κ3) is 5.05. The number of nitrogen functional groups attached to an aromatic ring is 1. The summed E-state index contributed by atoms with van der Waals surface area (Å²) in [4.78, 5) is 10.9. The van der Waals surface area contributed by atoms with E-state index in [-0.39, 0.29) is 16.9 Å². The molecule has 0 saturated carbocycles. The lowest BCUT2D eigenvalue weighted by Gasteiger charge is -2.10. The zero-order valence-corrected chi connectivity index (χ0v) is 11.6. The van der Waals surface area contributed by atoms with E-state index >= 15 is 0 Å². The largest absolute Gasteiger partial charge is 0.478 e. The van der Waals surface area contributed by atoms with Gasteiger partial charge < -0.3 is 20.9 Å². The summed E-state index contributed by atoms with van der Waals surface area (Å²) in [6.45, 7) is 3.92. The van der Waals surface area contributed by atoms with Crippen molar-refractivity contribution in [3.63, 3.8) is 0 Å². The van der Waals surface area contributed by atoms with Gasteiger partial charge in [0.2, 0.25) is 0 Å². The standard InChI is InChI=1S/C14H21FN2O3/c1-2-3-6-20-7-4-5-17-13-8-10(14(18)19)12(16)9-11(13)15/h8-9,17H,2-7,16H2,1H3,(H,18,19). The van der Waals surface area contributed by atoms with Gasteiger partial charge in [-0.2, -0.15) is 0 Å². The van der Waals surface area contributed by atoms with E-state index < -0.39 is 11.8 Å². The number of carboxylic acids is 1. The van der Waals surface area contributed by atoms with Crippen molar-refractivity contribution in [2.45, 2.75) is 26.2 Å². The second-order valence-electron chi connectivity index (χ2n) is 4.47. The monoisotopic (exact) mass is 284 g/mol. The average molecular weight is 284 g/mol. The van der Waals surface area contributed by atoms with Crippen molar-refractivity contribution in [1.29, 1.82) is 0 Å². The van der Waals surface area contributed by atoms with Crippen LogP contribution in [-0.4, -0.2) is 30.8 Å². The van der Waals surface area contributed by atoms with Gasteiger partial charge in [0, 0.05) is 25.4 Å². The molecule has 0 saturated heterocycles. The van der Waals surface area contributed by atoms with E-state index in [4.69, 9.17) is 15.6 Å². The second kappa shape index (κ2) is 8.37. The maximum Gasteiger partial charge on any atom is 0.337 e. The third-order valence-electron chi connectivity index (χ3n) is 2.79. The molecule has 0 aliphatic heterocycles. The highest BCUT2D eigenvalue weighted by Crippen LogP contribution is 2.22. The maximum atomic E-state index is 13.6. The molecule has 0 aliphatic carbocycles. The predicted octanol–water partition coefficient (Wildman–Crippen LogP) is 2.72. The lowest BCUT2D eigenvalue weighted by atomic mass is 10.1. The van der Waals surface area contributed by atoms with Crippen molar-refractivity contribution >= 4 is 17.3 Å². The first kappa shape index (κ1) is 16.2. The molecule has 112 valence electrons. The number of benzene rings is 1. The number of nitrogens with one attached hydrogen (secondary N) is 1. The van der Waals surface area contributed by atoms with Crippen molar-refractivity contribution in [3.05, 3.63) is 23.5 Å². The van der Waals surface area contributed by atoms with Crippen molar-refractivity contribution in [1.82, 2.24) is 0 Å². The Morgan fingerprint density at radius 3 is 2.75 bits per heavy atom. The number of halogens is 1. The first-order chi connectivity index (χ1) is 9.56. The highest BCUT2D eigenvalue weighted by atomic mass is 19.1. The van der Waals surface area contributed by atoms with Crippen LogP contribution in [0.25, 0.3) is 0 Å². The Morgan fingerprint density at radius 2 is 2.10 bits per heavy atom. The molecule has 0 fully saturated rings. The molecule has 0 atom stereocenters. The first-order valence-electron chi connectivity index (χ1n) is 6.70. The van der Waals surface area contributed by atoms with Crippen LogP contribution in [0, 0.1) is 5.82 Å². The molecule has 5 nitrogen and oxygen atoms in total. The number of unbranched alkanes of at least 4 members (excludes halogenated alkanes) is 1. The lowest BCUT2D eigenvalue weighted by Crippen LogP contribution is -2.10. The van der Waals surface area contributed by atoms with Crippen LogP contribution >= 0.6 is 0 Å². The Kier molecular flexibility index (Phi) is 6.79. The fourth-order valence-corrected chi connectivity index (χ4v) is 1.66. The number of ether oxygens (including phenoxy) is 1. The Labute approximate surface area is 117 Å². The van der Waals surface area contributed by atoms with Crippen molar-refractivity contribution in [2.24, 2.45) is 0 Å². The smallest absolute Gasteiger partial charge is 0.337 e.